The maximum Gasteiger partial charge on any atom is 0.132 e. The van der Waals surface area contributed by atoms with Gasteiger partial charge < -0.3 is 4.90 Å². The lowest BCUT2D eigenvalue weighted by Gasteiger charge is -2.18. The Kier molecular flexibility index (Phi) is 5.20. The molecular formula is C14H21NO. The Bertz CT molecular complexity index is 321. The maximum atomic E-state index is 11.1. The predicted molar refractivity (Wildman–Crippen MR) is 67.2 cm³/mol. The average molecular weight is 219 g/mol. The number of ketones is 1. The predicted octanol–water partition coefficient (Wildman–Crippen LogP) is 2.73. The summed E-state index contributed by atoms with van der Waals surface area (Å²) in [5.41, 5.74) is 1.32. The first-order chi connectivity index (χ1) is 7.59. The molecule has 1 unspecified atom stereocenters. The fraction of sp³-hybridized carbons (Fsp3) is 0.500. The van der Waals surface area contributed by atoms with Crippen LogP contribution in [0.3, 0.4) is 0 Å². The van der Waals surface area contributed by atoms with Crippen LogP contribution in [0.15, 0.2) is 30.3 Å². The molecule has 0 saturated carbocycles. The van der Waals surface area contributed by atoms with Gasteiger partial charge in [-0.25, -0.2) is 0 Å². The topological polar surface area (TPSA) is 20.3 Å². The Hall–Kier alpha value is -1.15. The second-order valence-electron chi connectivity index (χ2n) is 4.52. The number of Topliss-reactive ketones (excluding diaryl/α,β-unsaturated/α-hetero) is 1. The summed E-state index contributed by atoms with van der Waals surface area (Å²) < 4.78 is 0. The van der Waals surface area contributed by atoms with E-state index in [9.17, 15) is 4.79 Å². The van der Waals surface area contributed by atoms with Crippen molar-refractivity contribution in [3.05, 3.63) is 35.9 Å². The van der Waals surface area contributed by atoms with Crippen molar-refractivity contribution in [3.8, 4) is 0 Å². The monoisotopic (exact) mass is 219 g/mol. The number of carbonyl (C=O) groups excluding carboxylic acids is 1. The normalized spacial score (nSPS) is 12.8. The van der Waals surface area contributed by atoms with Crippen molar-refractivity contribution in [2.45, 2.75) is 26.8 Å². The quantitative estimate of drug-likeness (QED) is 0.733. The molecule has 88 valence electrons. The molecule has 0 N–H and O–H groups in total. The molecule has 1 atom stereocenters. The third-order valence-corrected chi connectivity index (χ3v) is 2.93. The Labute approximate surface area is 98.3 Å². The zero-order valence-electron chi connectivity index (χ0n) is 10.4. The van der Waals surface area contributed by atoms with Crippen molar-refractivity contribution < 1.29 is 4.79 Å². The van der Waals surface area contributed by atoms with Gasteiger partial charge in [-0.1, -0.05) is 37.3 Å². The van der Waals surface area contributed by atoms with Crippen molar-refractivity contribution in [1.82, 2.24) is 4.90 Å². The maximum absolute atomic E-state index is 11.1. The molecule has 2 nitrogen and oxygen atoms in total. The fourth-order valence-electron chi connectivity index (χ4n) is 1.59. The first-order valence-electron chi connectivity index (χ1n) is 5.82. The molecule has 0 spiro atoms. The van der Waals surface area contributed by atoms with E-state index in [-0.39, 0.29) is 11.7 Å². The van der Waals surface area contributed by atoms with E-state index in [1.165, 1.54) is 5.56 Å². The minimum absolute atomic E-state index is 0.179. The van der Waals surface area contributed by atoms with Crippen molar-refractivity contribution in [3.63, 3.8) is 0 Å². The van der Waals surface area contributed by atoms with E-state index < -0.39 is 0 Å². The van der Waals surface area contributed by atoms with E-state index in [1.54, 1.807) is 6.92 Å². The second-order valence-corrected chi connectivity index (χ2v) is 4.52. The van der Waals surface area contributed by atoms with Gasteiger partial charge in [0.2, 0.25) is 0 Å². The molecule has 1 rings (SSSR count). The summed E-state index contributed by atoms with van der Waals surface area (Å²) in [4.78, 5) is 13.4. The molecule has 0 radical (unpaired) electrons. The van der Waals surface area contributed by atoms with Crippen LogP contribution in [0.2, 0.25) is 0 Å². The van der Waals surface area contributed by atoms with Crippen molar-refractivity contribution in [2.75, 3.05) is 13.6 Å². The van der Waals surface area contributed by atoms with Gasteiger partial charge in [-0.15, -0.1) is 0 Å². The molecule has 0 bridgehead atoms. The lowest BCUT2D eigenvalue weighted by molar-refractivity contribution is -0.120. The summed E-state index contributed by atoms with van der Waals surface area (Å²) in [6.45, 7) is 5.58. The first kappa shape index (κ1) is 12.9. The lowest BCUT2D eigenvalue weighted by Crippen LogP contribution is -2.22. The summed E-state index contributed by atoms with van der Waals surface area (Å²) in [5, 5.41) is 0. The van der Waals surface area contributed by atoms with Crippen LogP contribution in [0.25, 0.3) is 0 Å². The van der Waals surface area contributed by atoms with Crippen LogP contribution in [0, 0.1) is 5.92 Å². The second kappa shape index (κ2) is 6.44. The highest BCUT2D eigenvalue weighted by atomic mass is 16.1. The highest BCUT2D eigenvalue weighted by Crippen LogP contribution is 2.07. The molecular weight excluding hydrogens is 198 g/mol. The number of hydrogen-bond acceptors (Lipinski definition) is 2. The van der Waals surface area contributed by atoms with E-state index >= 15 is 0 Å². The highest BCUT2D eigenvalue weighted by molar-refractivity contribution is 5.77. The van der Waals surface area contributed by atoms with E-state index in [0.717, 1.165) is 19.5 Å². The van der Waals surface area contributed by atoms with Crippen LogP contribution in [-0.4, -0.2) is 24.3 Å². The zero-order chi connectivity index (χ0) is 12.0. The van der Waals surface area contributed by atoms with E-state index in [4.69, 9.17) is 0 Å². The summed E-state index contributed by atoms with van der Waals surface area (Å²) in [6.07, 6.45) is 0.943. The minimum Gasteiger partial charge on any atom is -0.302 e. The minimum atomic E-state index is 0.179. The number of nitrogens with zero attached hydrogens (tertiary/aromatic N) is 1. The molecule has 1 aromatic rings. The zero-order valence-corrected chi connectivity index (χ0v) is 10.4. The fourth-order valence-corrected chi connectivity index (χ4v) is 1.59. The molecule has 0 aliphatic rings. The molecule has 0 aliphatic carbocycles. The first-order valence-corrected chi connectivity index (χ1v) is 5.82. The molecule has 0 saturated heterocycles. The van der Waals surface area contributed by atoms with Crippen molar-refractivity contribution in [1.29, 1.82) is 0 Å². The van der Waals surface area contributed by atoms with Gasteiger partial charge in [0.05, 0.1) is 0 Å². The molecule has 2 heteroatoms. The molecule has 0 amide bonds. The number of benzene rings is 1. The van der Waals surface area contributed by atoms with Gasteiger partial charge in [0, 0.05) is 12.5 Å². The van der Waals surface area contributed by atoms with Gasteiger partial charge in [0.25, 0.3) is 0 Å². The van der Waals surface area contributed by atoms with Gasteiger partial charge in [0.1, 0.15) is 5.78 Å². The SMILES string of the molecule is CC(=O)C(C)CCN(C)Cc1ccccc1. The molecule has 0 fully saturated rings. The van der Waals surface area contributed by atoms with Gasteiger partial charge in [-0.2, -0.15) is 0 Å². The highest BCUT2D eigenvalue weighted by Gasteiger charge is 2.08. The Balaban J connectivity index is 2.31. The molecule has 16 heavy (non-hydrogen) atoms. The van der Waals surface area contributed by atoms with Crippen molar-refractivity contribution >= 4 is 5.78 Å². The van der Waals surface area contributed by atoms with Gasteiger partial charge in [0.15, 0.2) is 0 Å². The van der Waals surface area contributed by atoms with Crippen LogP contribution >= 0.6 is 0 Å². The molecule has 0 heterocycles. The van der Waals surface area contributed by atoms with Crippen molar-refractivity contribution in [2.24, 2.45) is 5.92 Å². The Morgan fingerprint density at radius 3 is 2.50 bits per heavy atom. The molecule has 1 aromatic carbocycles. The van der Waals surface area contributed by atoms with E-state index in [1.807, 2.05) is 13.0 Å². The molecule has 0 aliphatic heterocycles. The van der Waals surface area contributed by atoms with E-state index in [2.05, 4.69) is 36.2 Å². The summed E-state index contributed by atoms with van der Waals surface area (Å²) in [7, 11) is 2.10. The Morgan fingerprint density at radius 1 is 1.31 bits per heavy atom. The summed E-state index contributed by atoms with van der Waals surface area (Å²) in [6, 6.07) is 10.4. The third-order valence-electron chi connectivity index (χ3n) is 2.93. The van der Waals surface area contributed by atoms with Gasteiger partial charge >= 0.3 is 0 Å². The third kappa shape index (κ3) is 4.58. The largest absolute Gasteiger partial charge is 0.302 e. The van der Waals surface area contributed by atoms with Crippen LogP contribution in [0.1, 0.15) is 25.8 Å². The number of hydrogen-bond donors (Lipinski definition) is 0. The van der Waals surface area contributed by atoms with Crippen LogP contribution in [0.4, 0.5) is 0 Å². The summed E-state index contributed by atoms with van der Waals surface area (Å²) in [5.74, 6) is 0.464. The molecule has 0 aromatic heterocycles. The smallest absolute Gasteiger partial charge is 0.132 e. The van der Waals surface area contributed by atoms with Crippen LogP contribution in [0.5, 0.6) is 0 Å². The Morgan fingerprint density at radius 2 is 1.94 bits per heavy atom. The van der Waals surface area contributed by atoms with Crippen LogP contribution in [-0.2, 0) is 11.3 Å². The van der Waals surface area contributed by atoms with Crippen LogP contribution < -0.4 is 0 Å². The number of carbonyl (C=O) groups is 1. The summed E-state index contributed by atoms with van der Waals surface area (Å²) >= 11 is 0. The van der Waals surface area contributed by atoms with Gasteiger partial charge in [-0.3, -0.25) is 4.79 Å². The standard InChI is InChI=1S/C14H21NO/c1-12(13(2)16)9-10-15(3)11-14-7-5-4-6-8-14/h4-8,12H,9-11H2,1-3H3. The van der Waals surface area contributed by atoms with E-state index in [0.29, 0.717) is 0 Å². The average Bonchev–Trinajstić information content (AvgIpc) is 2.27. The lowest BCUT2D eigenvalue weighted by atomic mass is 10.0. The number of rotatable bonds is 6. The van der Waals surface area contributed by atoms with Gasteiger partial charge in [-0.05, 0) is 32.5 Å².